The first-order valence-corrected chi connectivity index (χ1v) is 5.51. The zero-order chi connectivity index (χ0) is 9.84. The molecule has 1 rings (SSSR count). The average molecular weight is 199 g/mol. The molecule has 1 heterocycles. The van der Waals surface area contributed by atoms with Gasteiger partial charge in [0.2, 0.25) is 0 Å². The molecule has 0 bridgehead atoms. The third-order valence-corrected chi connectivity index (χ3v) is 3.02. The fourth-order valence-electron chi connectivity index (χ4n) is 1.27. The number of nitrogens with two attached hydrogens (primary N) is 1. The standard InChI is InChI=1S/C10H17NOS/c1-7(5-10(12)8(2)11)9-3-4-13-6-9/h3-4,6-8,10,12H,5,11H2,1-2H3. The third-order valence-electron chi connectivity index (χ3n) is 2.31. The Balaban J connectivity index is 2.46. The van der Waals surface area contributed by atoms with Crippen LogP contribution >= 0.6 is 11.3 Å². The summed E-state index contributed by atoms with van der Waals surface area (Å²) in [5.41, 5.74) is 6.89. The first kappa shape index (κ1) is 10.7. The normalized spacial score (nSPS) is 18.2. The van der Waals surface area contributed by atoms with E-state index in [0.717, 1.165) is 6.42 Å². The monoisotopic (exact) mass is 199 g/mol. The van der Waals surface area contributed by atoms with Crippen LogP contribution in [0.3, 0.4) is 0 Å². The van der Waals surface area contributed by atoms with Crippen molar-refractivity contribution in [2.75, 3.05) is 0 Å². The second-order valence-electron chi connectivity index (χ2n) is 3.62. The Morgan fingerprint density at radius 3 is 2.69 bits per heavy atom. The second-order valence-corrected chi connectivity index (χ2v) is 4.40. The largest absolute Gasteiger partial charge is 0.392 e. The number of aliphatic hydroxyl groups excluding tert-OH is 1. The van der Waals surface area contributed by atoms with E-state index in [2.05, 4.69) is 23.8 Å². The second kappa shape index (κ2) is 4.74. The van der Waals surface area contributed by atoms with E-state index in [0.29, 0.717) is 5.92 Å². The summed E-state index contributed by atoms with van der Waals surface area (Å²) >= 11 is 1.69. The summed E-state index contributed by atoms with van der Waals surface area (Å²) in [7, 11) is 0. The fourth-order valence-corrected chi connectivity index (χ4v) is 2.05. The molecule has 3 heteroatoms. The van der Waals surface area contributed by atoms with Crippen LogP contribution in [0.4, 0.5) is 0 Å². The predicted octanol–water partition coefficient (Wildman–Crippen LogP) is 1.95. The molecule has 3 atom stereocenters. The number of aliphatic hydroxyl groups is 1. The Hall–Kier alpha value is -0.380. The quantitative estimate of drug-likeness (QED) is 0.778. The van der Waals surface area contributed by atoms with Gasteiger partial charge in [-0.15, -0.1) is 0 Å². The summed E-state index contributed by atoms with van der Waals surface area (Å²) in [5.74, 6) is 0.396. The molecule has 0 saturated heterocycles. The molecule has 0 amide bonds. The highest BCUT2D eigenvalue weighted by molar-refractivity contribution is 7.07. The van der Waals surface area contributed by atoms with Crippen molar-refractivity contribution in [1.82, 2.24) is 0 Å². The lowest BCUT2D eigenvalue weighted by molar-refractivity contribution is 0.134. The molecule has 13 heavy (non-hydrogen) atoms. The van der Waals surface area contributed by atoms with Crippen molar-refractivity contribution in [3.05, 3.63) is 22.4 Å². The van der Waals surface area contributed by atoms with Crippen LogP contribution < -0.4 is 5.73 Å². The van der Waals surface area contributed by atoms with Crippen molar-refractivity contribution in [1.29, 1.82) is 0 Å². The SMILES string of the molecule is CC(CC(O)C(C)N)c1ccsc1. The van der Waals surface area contributed by atoms with E-state index in [1.807, 2.05) is 6.92 Å². The maximum atomic E-state index is 9.57. The van der Waals surface area contributed by atoms with Crippen LogP contribution in [0.1, 0.15) is 31.7 Å². The highest BCUT2D eigenvalue weighted by Gasteiger charge is 2.15. The van der Waals surface area contributed by atoms with Crippen LogP contribution in [0.2, 0.25) is 0 Å². The Labute approximate surface area is 83.4 Å². The highest BCUT2D eigenvalue weighted by Crippen LogP contribution is 2.23. The van der Waals surface area contributed by atoms with Gasteiger partial charge < -0.3 is 10.8 Å². The molecule has 1 aromatic heterocycles. The van der Waals surface area contributed by atoms with Crippen LogP contribution in [-0.2, 0) is 0 Å². The molecule has 74 valence electrons. The molecule has 0 aliphatic carbocycles. The first-order chi connectivity index (χ1) is 6.11. The predicted molar refractivity (Wildman–Crippen MR) is 57.0 cm³/mol. The van der Waals surface area contributed by atoms with Crippen molar-refractivity contribution >= 4 is 11.3 Å². The first-order valence-electron chi connectivity index (χ1n) is 4.57. The summed E-state index contributed by atoms with van der Waals surface area (Å²) < 4.78 is 0. The van der Waals surface area contributed by atoms with E-state index < -0.39 is 6.10 Å². The van der Waals surface area contributed by atoms with Gasteiger partial charge in [0.15, 0.2) is 0 Å². The molecule has 1 aromatic rings. The molecular weight excluding hydrogens is 182 g/mol. The average Bonchev–Trinajstić information content (AvgIpc) is 2.55. The topological polar surface area (TPSA) is 46.2 Å². The lowest BCUT2D eigenvalue weighted by Gasteiger charge is -2.18. The van der Waals surface area contributed by atoms with E-state index >= 15 is 0 Å². The fraction of sp³-hybridized carbons (Fsp3) is 0.600. The van der Waals surface area contributed by atoms with Gasteiger partial charge in [-0.2, -0.15) is 11.3 Å². The van der Waals surface area contributed by atoms with Crippen LogP contribution in [-0.4, -0.2) is 17.3 Å². The van der Waals surface area contributed by atoms with Gasteiger partial charge in [-0.3, -0.25) is 0 Å². The van der Waals surface area contributed by atoms with Crippen molar-refractivity contribution in [2.24, 2.45) is 5.73 Å². The number of hydrogen-bond acceptors (Lipinski definition) is 3. The minimum Gasteiger partial charge on any atom is -0.392 e. The summed E-state index contributed by atoms with van der Waals surface area (Å²) in [6.07, 6.45) is 0.351. The summed E-state index contributed by atoms with van der Waals surface area (Å²) in [5, 5.41) is 13.8. The van der Waals surface area contributed by atoms with Gasteiger partial charge in [0.25, 0.3) is 0 Å². The Morgan fingerprint density at radius 1 is 1.54 bits per heavy atom. The van der Waals surface area contributed by atoms with Crippen molar-refractivity contribution in [2.45, 2.75) is 38.3 Å². The number of thiophene rings is 1. The third kappa shape index (κ3) is 3.10. The molecule has 0 aliphatic rings. The van der Waals surface area contributed by atoms with Gasteiger partial charge in [-0.1, -0.05) is 6.92 Å². The molecule has 0 spiro atoms. The van der Waals surface area contributed by atoms with Crippen LogP contribution in [0.25, 0.3) is 0 Å². The van der Waals surface area contributed by atoms with Crippen LogP contribution in [0, 0.1) is 0 Å². The molecular formula is C10H17NOS. The molecule has 0 fully saturated rings. The van der Waals surface area contributed by atoms with E-state index in [9.17, 15) is 5.11 Å². The van der Waals surface area contributed by atoms with Crippen LogP contribution in [0.5, 0.6) is 0 Å². The van der Waals surface area contributed by atoms with Gasteiger partial charge >= 0.3 is 0 Å². The molecule has 0 aromatic carbocycles. The van der Waals surface area contributed by atoms with E-state index in [4.69, 9.17) is 5.73 Å². The summed E-state index contributed by atoms with van der Waals surface area (Å²) in [6, 6.07) is 1.96. The lowest BCUT2D eigenvalue weighted by atomic mass is 9.95. The molecule has 3 N–H and O–H groups in total. The zero-order valence-corrected chi connectivity index (χ0v) is 8.92. The van der Waals surface area contributed by atoms with E-state index in [1.54, 1.807) is 11.3 Å². The van der Waals surface area contributed by atoms with Gasteiger partial charge in [-0.05, 0) is 41.7 Å². The van der Waals surface area contributed by atoms with E-state index in [-0.39, 0.29) is 6.04 Å². The number of hydrogen-bond donors (Lipinski definition) is 2. The van der Waals surface area contributed by atoms with Gasteiger partial charge in [0, 0.05) is 6.04 Å². The van der Waals surface area contributed by atoms with Gasteiger partial charge in [0.1, 0.15) is 0 Å². The molecule has 0 radical (unpaired) electrons. The lowest BCUT2D eigenvalue weighted by Crippen LogP contribution is -2.32. The van der Waals surface area contributed by atoms with E-state index in [1.165, 1.54) is 5.56 Å². The maximum Gasteiger partial charge on any atom is 0.0694 e. The smallest absolute Gasteiger partial charge is 0.0694 e. The Bertz CT molecular complexity index is 233. The van der Waals surface area contributed by atoms with Gasteiger partial charge in [-0.25, -0.2) is 0 Å². The molecule has 0 saturated carbocycles. The van der Waals surface area contributed by atoms with Crippen molar-refractivity contribution in [3.8, 4) is 0 Å². The van der Waals surface area contributed by atoms with Crippen molar-refractivity contribution in [3.63, 3.8) is 0 Å². The Kier molecular flexibility index (Phi) is 3.90. The summed E-state index contributed by atoms with van der Waals surface area (Å²) in [4.78, 5) is 0. The summed E-state index contributed by atoms with van der Waals surface area (Å²) in [6.45, 7) is 3.96. The van der Waals surface area contributed by atoms with Crippen molar-refractivity contribution < 1.29 is 5.11 Å². The maximum absolute atomic E-state index is 9.57. The molecule has 0 aliphatic heterocycles. The minimum atomic E-state index is -0.394. The number of rotatable bonds is 4. The molecule has 3 unspecified atom stereocenters. The minimum absolute atomic E-state index is 0.138. The Morgan fingerprint density at radius 2 is 2.23 bits per heavy atom. The highest BCUT2D eigenvalue weighted by atomic mass is 32.1. The van der Waals surface area contributed by atoms with Gasteiger partial charge in [0.05, 0.1) is 6.10 Å². The van der Waals surface area contributed by atoms with Crippen LogP contribution in [0.15, 0.2) is 16.8 Å². The molecule has 2 nitrogen and oxygen atoms in total. The zero-order valence-electron chi connectivity index (χ0n) is 8.10.